The van der Waals surface area contributed by atoms with Crippen LogP contribution < -0.4 is 9.46 Å². The van der Waals surface area contributed by atoms with E-state index < -0.39 is 10.0 Å². The molecule has 1 aromatic rings. The van der Waals surface area contributed by atoms with Crippen molar-refractivity contribution in [2.45, 2.75) is 25.8 Å². The van der Waals surface area contributed by atoms with Gasteiger partial charge in [0.25, 0.3) is 0 Å². The monoisotopic (exact) mass is 281 g/mol. The lowest BCUT2D eigenvalue weighted by molar-refractivity contribution is 0.299. The van der Waals surface area contributed by atoms with Gasteiger partial charge in [-0.15, -0.1) is 0 Å². The smallest absolute Gasteiger partial charge is 0.233 e. The molecule has 4 nitrogen and oxygen atoms in total. The van der Waals surface area contributed by atoms with E-state index in [1.54, 1.807) is 6.92 Å². The molecule has 19 heavy (non-hydrogen) atoms. The van der Waals surface area contributed by atoms with Crippen LogP contribution in [0.3, 0.4) is 0 Å². The molecular formula is C14H19NO3S. The van der Waals surface area contributed by atoms with Crippen molar-refractivity contribution in [3.05, 3.63) is 41.8 Å². The fraction of sp³-hybridized carbons (Fsp3) is 0.429. The van der Waals surface area contributed by atoms with E-state index in [9.17, 15) is 8.42 Å². The molecule has 0 saturated heterocycles. The Morgan fingerprint density at radius 2 is 2.26 bits per heavy atom. The van der Waals surface area contributed by atoms with E-state index in [2.05, 4.69) is 11.3 Å². The standard InChI is InChI=1S/C14H19NO3S/c1-3-19(16,17)15-11(2)13-5-4-6-14(9-13)18-10-12-7-8-12/h3-6,9,11-12,15H,1,7-8,10H2,2H3/t11-/m1/s1. The highest BCUT2D eigenvalue weighted by molar-refractivity contribution is 7.92. The molecule has 0 bridgehead atoms. The van der Waals surface area contributed by atoms with Crippen molar-refractivity contribution in [2.24, 2.45) is 5.92 Å². The lowest BCUT2D eigenvalue weighted by atomic mass is 10.1. The number of hydrogen-bond donors (Lipinski definition) is 1. The Morgan fingerprint density at radius 1 is 1.53 bits per heavy atom. The second-order valence-electron chi connectivity index (χ2n) is 4.88. The highest BCUT2D eigenvalue weighted by Crippen LogP contribution is 2.30. The van der Waals surface area contributed by atoms with Gasteiger partial charge in [-0.3, -0.25) is 0 Å². The molecule has 1 atom stereocenters. The zero-order valence-electron chi connectivity index (χ0n) is 11.0. The zero-order valence-corrected chi connectivity index (χ0v) is 11.8. The summed E-state index contributed by atoms with van der Waals surface area (Å²) in [4.78, 5) is 0. The second kappa shape index (κ2) is 5.75. The van der Waals surface area contributed by atoms with Crippen molar-refractivity contribution in [3.8, 4) is 5.75 Å². The van der Waals surface area contributed by atoms with Gasteiger partial charge in [-0.25, -0.2) is 13.1 Å². The van der Waals surface area contributed by atoms with Gasteiger partial charge in [0.1, 0.15) is 5.75 Å². The van der Waals surface area contributed by atoms with Crippen LogP contribution in [0, 0.1) is 5.92 Å². The van der Waals surface area contributed by atoms with Gasteiger partial charge in [-0.2, -0.15) is 0 Å². The van der Waals surface area contributed by atoms with Crippen LogP contribution in [0.25, 0.3) is 0 Å². The summed E-state index contributed by atoms with van der Waals surface area (Å²) in [7, 11) is -3.42. The number of rotatable bonds is 7. The van der Waals surface area contributed by atoms with Crippen molar-refractivity contribution < 1.29 is 13.2 Å². The van der Waals surface area contributed by atoms with E-state index in [-0.39, 0.29) is 6.04 Å². The van der Waals surface area contributed by atoms with Crippen LogP contribution in [-0.4, -0.2) is 15.0 Å². The molecule has 1 aromatic carbocycles. The predicted molar refractivity (Wildman–Crippen MR) is 75.3 cm³/mol. The van der Waals surface area contributed by atoms with Gasteiger partial charge in [0.15, 0.2) is 0 Å². The molecule has 1 saturated carbocycles. The third kappa shape index (κ3) is 4.36. The molecule has 0 radical (unpaired) electrons. The maximum Gasteiger partial charge on any atom is 0.233 e. The molecule has 0 aromatic heterocycles. The molecule has 0 heterocycles. The summed E-state index contributed by atoms with van der Waals surface area (Å²) in [5, 5.41) is 0.914. The van der Waals surface area contributed by atoms with E-state index in [1.807, 2.05) is 24.3 Å². The molecule has 2 rings (SSSR count). The first-order valence-electron chi connectivity index (χ1n) is 6.38. The first kappa shape index (κ1) is 14.1. The SMILES string of the molecule is C=CS(=O)(=O)N[C@H](C)c1cccc(OCC2CC2)c1. The minimum Gasteiger partial charge on any atom is -0.493 e. The van der Waals surface area contributed by atoms with Crippen LogP contribution in [0.1, 0.15) is 31.4 Å². The summed E-state index contributed by atoms with van der Waals surface area (Å²) in [6, 6.07) is 7.20. The van der Waals surface area contributed by atoms with Crippen molar-refractivity contribution in [1.29, 1.82) is 0 Å². The predicted octanol–water partition coefficient (Wildman–Crippen LogP) is 2.60. The van der Waals surface area contributed by atoms with Crippen LogP contribution in [0.15, 0.2) is 36.3 Å². The number of nitrogens with one attached hydrogen (secondary N) is 1. The summed E-state index contributed by atoms with van der Waals surface area (Å²) in [5.74, 6) is 1.48. The van der Waals surface area contributed by atoms with E-state index in [0.717, 1.165) is 23.3 Å². The third-order valence-corrected chi connectivity index (χ3v) is 4.22. The Labute approximate surface area is 114 Å². The molecule has 1 fully saturated rings. The van der Waals surface area contributed by atoms with Crippen LogP contribution in [-0.2, 0) is 10.0 Å². The van der Waals surface area contributed by atoms with Crippen LogP contribution in [0.2, 0.25) is 0 Å². The average molecular weight is 281 g/mol. The number of ether oxygens (including phenoxy) is 1. The molecule has 5 heteroatoms. The normalized spacial score (nSPS) is 16.9. The third-order valence-electron chi connectivity index (χ3n) is 3.10. The van der Waals surface area contributed by atoms with Crippen LogP contribution in [0.5, 0.6) is 5.75 Å². The zero-order chi connectivity index (χ0) is 13.9. The van der Waals surface area contributed by atoms with Gasteiger partial charge in [0.05, 0.1) is 6.61 Å². The maximum atomic E-state index is 11.4. The maximum absolute atomic E-state index is 11.4. The molecule has 1 N–H and O–H groups in total. The molecule has 1 aliphatic carbocycles. The first-order valence-corrected chi connectivity index (χ1v) is 7.92. The molecule has 104 valence electrons. The molecule has 1 aliphatic rings. The molecule has 0 aliphatic heterocycles. The highest BCUT2D eigenvalue weighted by Gasteiger charge is 2.22. The highest BCUT2D eigenvalue weighted by atomic mass is 32.2. The van der Waals surface area contributed by atoms with Gasteiger partial charge >= 0.3 is 0 Å². The fourth-order valence-electron chi connectivity index (χ4n) is 1.73. The fourth-order valence-corrected chi connectivity index (χ4v) is 2.46. The van der Waals surface area contributed by atoms with Crippen molar-refractivity contribution in [3.63, 3.8) is 0 Å². The van der Waals surface area contributed by atoms with Crippen molar-refractivity contribution in [1.82, 2.24) is 4.72 Å². The number of sulfonamides is 1. The summed E-state index contributed by atoms with van der Waals surface area (Å²) >= 11 is 0. The van der Waals surface area contributed by atoms with E-state index >= 15 is 0 Å². The summed E-state index contributed by atoms with van der Waals surface area (Å²) in [6.07, 6.45) is 2.49. The Bertz CT molecular complexity index is 550. The van der Waals surface area contributed by atoms with Gasteiger partial charge in [-0.05, 0) is 43.4 Å². The second-order valence-corrected chi connectivity index (χ2v) is 6.54. The largest absolute Gasteiger partial charge is 0.493 e. The van der Waals surface area contributed by atoms with Crippen LogP contribution in [0.4, 0.5) is 0 Å². The first-order chi connectivity index (χ1) is 9.00. The summed E-state index contributed by atoms with van der Waals surface area (Å²) in [5.41, 5.74) is 0.874. The Hall–Kier alpha value is -1.33. The van der Waals surface area contributed by atoms with E-state index in [0.29, 0.717) is 5.92 Å². The molecular weight excluding hydrogens is 262 g/mol. The summed E-state index contributed by atoms with van der Waals surface area (Å²) in [6.45, 7) is 5.82. The Balaban J connectivity index is 2.02. The lowest BCUT2D eigenvalue weighted by Gasteiger charge is -2.14. The molecule has 0 spiro atoms. The van der Waals surface area contributed by atoms with Gasteiger partial charge in [0.2, 0.25) is 10.0 Å². The number of hydrogen-bond acceptors (Lipinski definition) is 3. The van der Waals surface area contributed by atoms with E-state index in [4.69, 9.17) is 4.74 Å². The number of benzene rings is 1. The Kier molecular flexibility index (Phi) is 4.27. The summed E-state index contributed by atoms with van der Waals surface area (Å²) < 4.78 is 31.1. The topological polar surface area (TPSA) is 55.4 Å². The van der Waals surface area contributed by atoms with Gasteiger partial charge in [0, 0.05) is 11.4 Å². The van der Waals surface area contributed by atoms with Crippen molar-refractivity contribution in [2.75, 3.05) is 6.61 Å². The quantitative estimate of drug-likeness (QED) is 0.836. The minimum absolute atomic E-state index is 0.313. The molecule has 0 unspecified atom stereocenters. The molecule has 0 amide bonds. The van der Waals surface area contributed by atoms with E-state index in [1.165, 1.54) is 12.8 Å². The minimum atomic E-state index is -3.42. The average Bonchev–Trinajstić information content (AvgIpc) is 3.20. The van der Waals surface area contributed by atoms with Gasteiger partial charge < -0.3 is 4.74 Å². The van der Waals surface area contributed by atoms with Gasteiger partial charge in [-0.1, -0.05) is 18.7 Å². The van der Waals surface area contributed by atoms with Crippen LogP contribution >= 0.6 is 0 Å². The Morgan fingerprint density at radius 3 is 2.89 bits per heavy atom. The lowest BCUT2D eigenvalue weighted by Crippen LogP contribution is -2.24. The van der Waals surface area contributed by atoms with Crippen molar-refractivity contribution >= 4 is 10.0 Å².